The Bertz CT molecular complexity index is 807. The van der Waals surface area contributed by atoms with Gasteiger partial charge in [0.1, 0.15) is 5.82 Å². The molecule has 2 aromatic carbocycles. The SMILES string of the molecule is O=C(CCc1ccccc1F)NNC(=O)CCN1CCN(c2ccccc2)CC1. The Morgan fingerprint density at radius 2 is 1.45 bits per heavy atom. The van der Waals surface area contributed by atoms with Crippen LogP contribution in [0.2, 0.25) is 0 Å². The lowest BCUT2D eigenvalue weighted by atomic mass is 10.1. The van der Waals surface area contributed by atoms with Gasteiger partial charge in [0.25, 0.3) is 0 Å². The number of halogens is 1. The number of hydrogen-bond acceptors (Lipinski definition) is 4. The van der Waals surface area contributed by atoms with Crippen LogP contribution in [0.25, 0.3) is 0 Å². The first-order chi connectivity index (χ1) is 14.1. The summed E-state index contributed by atoms with van der Waals surface area (Å²) in [5.74, 6) is -0.885. The molecule has 2 N–H and O–H groups in total. The fourth-order valence-corrected chi connectivity index (χ4v) is 3.34. The first-order valence-corrected chi connectivity index (χ1v) is 9.95. The number of hydrazine groups is 1. The number of carbonyl (C=O) groups excluding carboxylic acids is 2. The second-order valence-corrected chi connectivity index (χ2v) is 7.10. The summed E-state index contributed by atoms with van der Waals surface area (Å²) in [6.07, 6.45) is 0.724. The van der Waals surface area contributed by atoms with Gasteiger partial charge in [0.2, 0.25) is 11.8 Å². The normalized spacial score (nSPS) is 14.4. The number of anilines is 1. The number of aryl methyl sites for hydroxylation is 1. The molecule has 154 valence electrons. The van der Waals surface area contributed by atoms with Crippen molar-refractivity contribution in [3.63, 3.8) is 0 Å². The third-order valence-corrected chi connectivity index (χ3v) is 5.07. The summed E-state index contributed by atoms with van der Waals surface area (Å²) in [7, 11) is 0. The lowest BCUT2D eigenvalue weighted by molar-refractivity contribution is -0.129. The van der Waals surface area contributed by atoms with E-state index >= 15 is 0 Å². The number of rotatable bonds is 7. The van der Waals surface area contributed by atoms with E-state index in [4.69, 9.17) is 0 Å². The predicted octanol–water partition coefficient (Wildman–Crippen LogP) is 2.12. The molecule has 0 aliphatic carbocycles. The maximum absolute atomic E-state index is 13.5. The summed E-state index contributed by atoms with van der Waals surface area (Å²) < 4.78 is 13.5. The minimum absolute atomic E-state index is 0.114. The number of nitrogens with one attached hydrogen (secondary N) is 2. The van der Waals surface area contributed by atoms with Crippen molar-refractivity contribution < 1.29 is 14.0 Å². The van der Waals surface area contributed by atoms with Crippen LogP contribution < -0.4 is 15.8 Å². The molecule has 0 bridgehead atoms. The molecular formula is C22H27FN4O2. The monoisotopic (exact) mass is 398 g/mol. The third-order valence-electron chi connectivity index (χ3n) is 5.07. The minimum atomic E-state index is -0.335. The Balaban J connectivity index is 1.29. The van der Waals surface area contributed by atoms with Gasteiger partial charge in [-0.05, 0) is 30.2 Å². The van der Waals surface area contributed by atoms with E-state index in [1.54, 1.807) is 18.2 Å². The van der Waals surface area contributed by atoms with E-state index in [1.807, 2.05) is 18.2 Å². The van der Waals surface area contributed by atoms with Gasteiger partial charge in [-0.25, -0.2) is 4.39 Å². The molecule has 6 nitrogen and oxygen atoms in total. The largest absolute Gasteiger partial charge is 0.369 e. The van der Waals surface area contributed by atoms with Crippen molar-refractivity contribution in [2.24, 2.45) is 0 Å². The highest BCUT2D eigenvalue weighted by Gasteiger charge is 2.17. The molecule has 0 aromatic heterocycles. The second kappa shape index (κ2) is 10.6. The average Bonchev–Trinajstić information content (AvgIpc) is 2.76. The topological polar surface area (TPSA) is 64.7 Å². The van der Waals surface area contributed by atoms with Gasteiger partial charge in [-0.2, -0.15) is 0 Å². The number of hydrogen-bond donors (Lipinski definition) is 2. The average molecular weight is 398 g/mol. The fourth-order valence-electron chi connectivity index (χ4n) is 3.34. The van der Waals surface area contributed by atoms with Crippen LogP contribution in [0.4, 0.5) is 10.1 Å². The molecule has 0 saturated carbocycles. The van der Waals surface area contributed by atoms with Crippen LogP contribution in [0.15, 0.2) is 54.6 Å². The van der Waals surface area contributed by atoms with Crippen molar-refractivity contribution in [2.45, 2.75) is 19.3 Å². The van der Waals surface area contributed by atoms with Crippen molar-refractivity contribution >= 4 is 17.5 Å². The molecule has 29 heavy (non-hydrogen) atoms. The van der Waals surface area contributed by atoms with Crippen LogP contribution in [0, 0.1) is 5.82 Å². The first-order valence-electron chi connectivity index (χ1n) is 9.95. The summed E-state index contributed by atoms with van der Waals surface area (Å²) in [6, 6.07) is 16.7. The first kappa shape index (κ1) is 20.8. The maximum atomic E-state index is 13.5. The number of carbonyl (C=O) groups is 2. The van der Waals surface area contributed by atoms with E-state index in [1.165, 1.54) is 11.8 Å². The Kier molecular flexibility index (Phi) is 7.58. The highest BCUT2D eigenvalue weighted by atomic mass is 19.1. The van der Waals surface area contributed by atoms with Gasteiger partial charge in [0, 0.05) is 51.3 Å². The van der Waals surface area contributed by atoms with Gasteiger partial charge in [-0.3, -0.25) is 25.3 Å². The maximum Gasteiger partial charge on any atom is 0.239 e. The third kappa shape index (κ3) is 6.57. The zero-order valence-electron chi connectivity index (χ0n) is 16.4. The highest BCUT2D eigenvalue weighted by molar-refractivity contribution is 5.82. The summed E-state index contributed by atoms with van der Waals surface area (Å²) in [5, 5.41) is 0. The number of nitrogens with zero attached hydrogens (tertiary/aromatic N) is 2. The molecule has 2 amide bonds. The van der Waals surface area contributed by atoms with Crippen LogP contribution in [0.1, 0.15) is 18.4 Å². The van der Waals surface area contributed by atoms with Gasteiger partial charge in [-0.15, -0.1) is 0 Å². The Morgan fingerprint density at radius 3 is 2.14 bits per heavy atom. The second-order valence-electron chi connectivity index (χ2n) is 7.10. The van der Waals surface area contributed by atoms with Gasteiger partial charge in [-0.1, -0.05) is 36.4 Å². The molecular weight excluding hydrogens is 371 g/mol. The van der Waals surface area contributed by atoms with Crippen LogP contribution in [0.3, 0.4) is 0 Å². The number of para-hydroxylation sites is 1. The molecule has 1 aliphatic rings. The van der Waals surface area contributed by atoms with Crippen molar-refractivity contribution in [3.8, 4) is 0 Å². The van der Waals surface area contributed by atoms with E-state index in [0.717, 1.165) is 26.2 Å². The molecule has 1 aliphatic heterocycles. The number of piperazine rings is 1. The lowest BCUT2D eigenvalue weighted by Crippen LogP contribution is -2.48. The van der Waals surface area contributed by atoms with Gasteiger partial charge in [0.15, 0.2) is 0 Å². The summed E-state index contributed by atoms with van der Waals surface area (Å²) in [5.41, 5.74) is 6.55. The molecule has 1 fully saturated rings. The Labute approximate surface area is 170 Å². The zero-order valence-corrected chi connectivity index (χ0v) is 16.4. The molecule has 2 aromatic rings. The molecule has 0 unspecified atom stereocenters. The number of amides is 2. The van der Waals surface area contributed by atoms with Crippen molar-refractivity contribution in [2.75, 3.05) is 37.6 Å². The predicted molar refractivity (Wildman–Crippen MR) is 111 cm³/mol. The molecule has 1 heterocycles. The molecule has 7 heteroatoms. The standard InChI is InChI=1S/C22H27FN4O2/c23-20-9-5-4-6-18(20)10-11-21(28)24-25-22(29)12-13-26-14-16-27(17-15-26)19-7-2-1-3-8-19/h1-9H,10-17H2,(H,24,28)(H,25,29). The van der Waals surface area contributed by atoms with Gasteiger partial charge >= 0.3 is 0 Å². The minimum Gasteiger partial charge on any atom is -0.369 e. The molecule has 3 rings (SSSR count). The zero-order chi connectivity index (χ0) is 20.5. The molecule has 1 saturated heterocycles. The van der Waals surface area contributed by atoms with Crippen LogP contribution in [0.5, 0.6) is 0 Å². The summed E-state index contributed by atoms with van der Waals surface area (Å²) in [6.45, 7) is 4.31. The number of benzene rings is 2. The van der Waals surface area contributed by atoms with E-state index in [2.05, 4.69) is 32.8 Å². The van der Waals surface area contributed by atoms with E-state index in [0.29, 0.717) is 24.9 Å². The quantitative estimate of drug-likeness (QED) is 0.702. The van der Waals surface area contributed by atoms with Crippen molar-refractivity contribution in [1.82, 2.24) is 15.8 Å². The van der Waals surface area contributed by atoms with Crippen LogP contribution >= 0.6 is 0 Å². The van der Waals surface area contributed by atoms with Crippen molar-refractivity contribution in [1.29, 1.82) is 0 Å². The van der Waals surface area contributed by atoms with Crippen LogP contribution in [-0.4, -0.2) is 49.4 Å². The lowest BCUT2D eigenvalue weighted by Gasteiger charge is -2.36. The van der Waals surface area contributed by atoms with E-state index in [-0.39, 0.29) is 24.1 Å². The molecule has 0 spiro atoms. The molecule has 0 atom stereocenters. The summed E-state index contributed by atoms with van der Waals surface area (Å²) in [4.78, 5) is 28.4. The van der Waals surface area contributed by atoms with Crippen LogP contribution in [-0.2, 0) is 16.0 Å². The van der Waals surface area contributed by atoms with E-state index < -0.39 is 0 Å². The molecule has 0 radical (unpaired) electrons. The highest BCUT2D eigenvalue weighted by Crippen LogP contribution is 2.15. The summed E-state index contributed by atoms with van der Waals surface area (Å²) >= 11 is 0. The van der Waals surface area contributed by atoms with Gasteiger partial charge < -0.3 is 4.90 Å². The van der Waals surface area contributed by atoms with E-state index in [9.17, 15) is 14.0 Å². The van der Waals surface area contributed by atoms with Gasteiger partial charge in [0.05, 0.1) is 0 Å². The Morgan fingerprint density at radius 1 is 0.828 bits per heavy atom. The smallest absolute Gasteiger partial charge is 0.239 e. The van der Waals surface area contributed by atoms with Crippen molar-refractivity contribution in [3.05, 3.63) is 66.0 Å². The fraction of sp³-hybridized carbons (Fsp3) is 0.364. The Hall–Kier alpha value is -2.93.